The van der Waals surface area contributed by atoms with Gasteiger partial charge in [-0.15, -0.1) is 0 Å². The molecule has 5 heteroatoms. The molecule has 0 bridgehead atoms. The quantitative estimate of drug-likeness (QED) is 0.465. The van der Waals surface area contributed by atoms with E-state index in [4.69, 9.17) is 11.6 Å². The Hall–Kier alpha value is -1.91. The van der Waals surface area contributed by atoms with Crippen LogP contribution in [0.3, 0.4) is 0 Å². The number of hydrogen-bond acceptors (Lipinski definition) is 2. The minimum atomic E-state index is -0.294. The number of benzene rings is 2. The van der Waals surface area contributed by atoms with E-state index in [1.54, 1.807) is 6.92 Å². The Balaban J connectivity index is 2.17. The molecular formula is C17H12ClFN2S. The maximum Gasteiger partial charge on any atom is 0.128 e. The molecule has 4 aromatic rings. The van der Waals surface area contributed by atoms with Crippen molar-refractivity contribution in [3.8, 4) is 11.3 Å². The van der Waals surface area contributed by atoms with Crippen molar-refractivity contribution < 1.29 is 4.39 Å². The largest absolute Gasteiger partial charge is 0.357 e. The molecule has 0 amide bonds. The molecule has 0 spiro atoms. The first kappa shape index (κ1) is 13.7. The lowest BCUT2D eigenvalue weighted by atomic mass is 10.0. The average molecular weight is 331 g/mol. The Bertz CT molecular complexity index is 1030. The number of halogens is 2. The van der Waals surface area contributed by atoms with Crippen molar-refractivity contribution in [2.24, 2.45) is 0 Å². The van der Waals surface area contributed by atoms with Gasteiger partial charge < -0.3 is 4.98 Å². The van der Waals surface area contributed by atoms with Gasteiger partial charge in [-0.2, -0.15) is 4.37 Å². The van der Waals surface area contributed by atoms with Crippen LogP contribution in [0.2, 0.25) is 5.02 Å². The van der Waals surface area contributed by atoms with Gasteiger partial charge in [0.1, 0.15) is 5.82 Å². The topological polar surface area (TPSA) is 28.7 Å². The second-order valence-electron chi connectivity index (χ2n) is 5.37. The molecule has 0 aliphatic rings. The van der Waals surface area contributed by atoms with Gasteiger partial charge in [0.15, 0.2) is 0 Å². The van der Waals surface area contributed by atoms with Crippen molar-refractivity contribution in [3.63, 3.8) is 0 Å². The highest BCUT2D eigenvalue weighted by Gasteiger charge is 2.20. The number of aryl methyl sites for hydroxylation is 2. The Morgan fingerprint density at radius 1 is 1.23 bits per heavy atom. The SMILES string of the molecule is Cc1[nH]c2c(Cl)cc(F)c(C)c2c1-c1nsc2ccccc12. The number of nitrogens with zero attached hydrogens (tertiary/aromatic N) is 1. The fourth-order valence-corrected chi connectivity index (χ4v) is 3.97. The molecule has 0 fully saturated rings. The minimum Gasteiger partial charge on any atom is -0.357 e. The van der Waals surface area contributed by atoms with E-state index in [9.17, 15) is 4.39 Å². The summed E-state index contributed by atoms with van der Waals surface area (Å²) >= 11 is 7.66. The zero-order valence-corrected chi connectivity index (χ0v) is 13.6. The zero-order valence-electron chi connectivity index (χ0n) is 12.0. The van der Waals surface area contributed by atoms with Crippen LogP contribution in [0.1, 0.15) is 11.3 Å². The van der Waals surface area contributed by atoms with E-state index in [1.807, 2.05) is 31.2 Å². The van der Waals surface area contributed by atoms with Crippen LogP contribution in [0, 0.1) is 19.7 Å². The van der Waals surface area contributed by atoms with E-state index in [0.717, 1.165) is 37.9 Å². The van der Waals surface area contributed by atoms with Crippen molar-refractivity contribution in [2.45, 2.75) is 13.8 Å². The lowest BCUT2D eigenvalue weighted by Crippen LogP contribution is -1.87. The van der Waals surface area contributed by atoms with E-state index < -0.39 is 0 Å². The molecule has 2 aromatic heterocycles. The van der Waals surface area contributed by atoms with Gasteiger partial charge in [0.05, 0.1) is 20.9 Å². The predicted octanol–water partition coefficient (Wildman–Crippen LogP) is 5.85. The fraction of sp³-hybridized carbons (Fsp3) is 0.118. The monoisotopic (exact) mass is 330 g/mol. The first-order valence-electron chi connectivity index (χ1n) is 6.89. The van der Waals surface area contributed by atoms with Gasteiger partial charge >= 0.3 is 0 Å². The molecular weight excluding hydrogens is 319 g/mol. The minimum absolute atomic E-state index is 0.294. The Morgan fingerprint density at radius 3 is 2.82 bits per heavy atom. The summed E-state index contributed by atoms with van der Waals surface area (Å²) in [5, 5.41) is 2.29. The first-order chi connectivity index (χ1) is 10.6. The maximum absolute atomic E-state index is 14.1. The maximum atomic E-state index is 14.1. The zero-order chi connectivity index (χ0) is 15.4. The number of nitrogens with one attached hydrogen (secondary N) is 1. The van der Waals surface area contributed by atoms with Crippen molar-refractivity contribution in [1.82, 2.24) is 9.36 Å². The van der Waals surface area contributed by atoms with E-state index >= 15 is 0 Å². The second kappa shape index (κ2) is 4.80. The summed E-state index contributed by atoms with van der Waals surface area (Å²) < 4.78 is 19.9. The molecule has 0 saturated heterocycles. The smallest absolute Gasteiger partial charge is 0.128 e. The van der Waals surface area contributed by atoms with Gasteiger partial charge in [0.25, 0.3) is 0 Å². The predicted molar refractivity (Wildman–Crippen MR) is 91.4 cm³/mol. The summed E-state index contributed by atoms with van der Waals surface area (Å²) in [5.41, 5.74) is 4.13. The highest BCUT2D eigenvalue weighted by molar-refractivity contribution is 7.13. The van der Waals surface area contributed by atoms with E-state index in [1.165, 1.54) is 17.6 Å². The molecule has 0 aliphatic carbocycles. The fourth-order valence-electron chi connectivity index (χ4n) is 2.95. The number of aromatic nitrogens is 2. The molecule has 2 nitrogen and oxygen atoms in total. The second-order valence-corrected chi connectivity index (χ2v) is 6.58. The molecule has 0 radical (unpaired) electrons. The summed E-state index contributed by atoms with van der Waals surface area (Å²) in [6, 6.07) is 9.43. The number of rotatable bonds is 1. The van der Waals surface area contributed by atoms with E-state index in [0.29, 0.717) is 10.6 Å². The first-order valence-corrected chi connectivity index (χ1v) is 8.04. The van der Waals surface area contributed by atoms with Crippen LogP contribution in [-0.2, 0) is 0 Å². The van der Waals surface area contributed by atoms with Crippen LogP contribution in [0.25, 0.3) is 32.2 Å². The molecule has 1 N–H and O–H groups in total. The Kier molecular flexibility index (Phi) is 2.99. The number of H-pyrrole nitrogens is 1. The van der Waals surface area contributed by atoms with E-state index in [2.05, 4.69) is 9.36 Å². The normalized spacial score (nSPS) is 11.6. The molecule has 0 atom stereocenters. The standard InChI is InChI=1S/C17H12ClFN2S/c1-8-12(19)7-11(18)17-14(8)15(9(2)20-17)16-10-5-3-4-6-13(10)22-21-16/h3-7,20H,1-2H3. The van der Waals surface area contributed by atoms with Crippen LogP contribution >= 0.6 is 23.1 Å². The van der Waals surface area contributed by atoms with E-state index in [-0.39, 0.29) is 5.82 Å². The lowest BCUT2D eigenvalue weighted by molar-refractivity contribution is 0.621. The molecule has 0 unspecified atom stereocenters. The van der Waals surface area contributed by atoms with Crippen LogP contribution in [0.5, 0.6) is 0 Å². The van der Waals surface area contributed by atoms with Crippen LogP contribution < -0.4 is 0 Å². The average Bonchev–Trinajstić information content (AvgIpc) is 3.06. The number of fused-ring (bicyclic) bond motifs is 2. The molecule has 22 heavy (non-hydrogen) atoms. The molecule has 2 aromatic carbocycles. The summed E-state index contributed by atoms with van der Waals surface area (Å²) in [7, 11) is 0. The number of hydrogen-bond donors (Lipinski definition) is 1. The molecule has 0 saturated carbocycles. The summed E-state index contributed by atoms with van der Waals surface area (Å²) in [5.74, 6) is -0.294. The third-order valence-electron chi connectivity index (χ3n) is 4.03. The Morgan fingerprint density at radius 2 is 2.00 bits per heavy atom. The van der Waals surface area contributed by atoms with Crippen molar-refractivity contribution in [1.29, 1.82) is 0 Å². The van der Waals surface area contributed by atoms with Gasteiger partial charge in [-0.3, -0.25) is 0 Å². The summed E-state index contributed by atoms with van der Waals surface area (Å²) in [6.07, 6.45) is 0. The van der Waals surface area contributed by atoms with Crippen LogP contribution in [0.4, 0.5) is 4.39 Å². The number of aromatic amines is 1. The van der Waals surface area contributed by atoms with Crippen LogP contribution in [-0.4, -0.2) is 9.36 Å². The third-order valence-corrected chi connectivity index (χ3v) is 5.15. The van der Waals surface area contributed by atoms with Gasteiger partial charge in [-0.25, -0.2) is 4.39 Å². The molecule has 4 rings (SSSR count). The van der Waals surface area contributed by atoms with Crippen molar-refractivity contribution >= 4 is 44.1 Å². The highest BCUT2D eigenvalue weighted by Crippen LogP contribution is 2.41. The lowest BCUT2D eigenvalue weighted by Gasteiger charge is -2.04. The molecule has 110 valence electrons. The van der Waals surface area contributed by atoms with Crippen molar-refractivity contribution in [2.75, 3.05) is 0 Å². The van der Waals surface area contributed by atoms with Gasteiger partial charge in [-0.1, -0.05) is 29.8 Å². The van der Waals surface area contributed by atoms with Gasteiger partial charge in [0.2, 0.25) is 0 Å². The summed E-state index contributed by atoms with van der Waals surface area (Å²) in [4.78, 5) is 3.28. The van der Waals surface area contributed by atoms with Crippen molar-refractivity contribution in [3.05, 3.63) is 52.4 Å². The molecule has 2 heterocycles. The summed E-state index contributed by atoms with van der Waals surface area (Å²) in [6.45, 7) is 3.75. The van der Waals surface area contributed by atoms with Gasteiger partial charge in [-0.05, 0) is 43.1 Å². The Labute approximate surface area is 135 Å². The van der Waals surface area contributed by atoms with Crippen LogP contribution in [0.15, 0.2) is 30.3 Å². The van der Waals surface area contributed by atoms with Gasteiger partial charge in [0, 0.05) is 22.0 Å². The molecule has 0 aliphatic heterocycles. The third kappa shape index (κ3) is 1.81. The highest BCUT2D eigenvalue weighted by atomic mass is 35.5.